The van der Waals surface area contributed by atoms with Crippen LogP contribution in [0.5, 0.6) is 0 Å². The van der Waals surface area contributed by atoms with E-state index in [-0.39, 0.29) is 18.4 Å². The topological polar surface area (TPSA) is 70.5 Å². The summed E-state index contributed by atoms with van der Waals surface area (Å²) in [6.45, 7) is 2.64. The van der Waals surface area contributed by atoms with E-state index in [0.29, 0.717) is 18.1 Å². The fourth-order valence-corrected chi connectivity index (χ4v) is 3.72. The van der Waals surface area contributed by atoms with Gasteiger partial charge in [0.2, 0.25) is 11.8 Å². The molecule has 2 amide bonds. The Morgan fingerprint density at radius 2 is 1.75 bits per heavy atom. The number of piperazine rings is 1. The highest BCUT2D eigenvalue weighted by Gasteiger charge is 2.21. The molecule has 3 aromatic rings. The van der Waals surface area contributed by atoms with Crippen LogP contribution in [0.15, 0.2) is 73.1 Å². The smallest absolute Gasteiger partial charge is 0.244 e. The van der Waals surface area contributed by atoms with Crippen molar-refractivity contribution < 1.29 is 9.59 Å². The first-order valence-electron chi connectivity index (χ1n) is 10.4. The second-order valence-electron chi connectivity index (χ2n) is 7.45. The molecule has 32 heavy (non-hydrogen) atoms. The molecule has 0 unspecified atom stereocenters. The zero-order valence-electron chi connectivity index (χ0n) is 17.5. The van der Waals surface area contributed by atoms with Gasteiger partial charge in [-0.1, -0.05) is 35.9 Å². The molecule has 1 saturated heterocycles. The van der Waals surface area contributed by atoms with Crippen molar-refractivity contribution in [1.82, 2.24) is 20.0 Å². The lowest BCUT2D eigenvalue weighted by Crippen LogP contribution is -2.51. The number of benzene rings is 2. The molecule has 0 radical (unpaired) electrons. The summed E-state index contributed by atoms with van der Waals surface area (Å²) < 4.78 is 1.74. The minimum Gasteiger partial charge on any atom is -0.368 e. The molecule has 1 aliphatic heterocycles. The standard InChI is InChI=1S/C24H24ClN5O2/c25-20-5-4-8-22(15-20)28-11-13-29(14-12-28)24(32)17-26-23(31)10-9-19-16-27-30(18-19)21-6-2-1-3-7-21/h1-10,15-16,18H,11-14,17H2,(H,26,31)/b10-9+. The van der Waals surface area contributed by atoms with Crippen LogP contribution in [0.2, 0.25) is 5.02 Å². The van der Waals surface area contributed by atoms with Crippen LogP contribution in [0.1, 0.15) is 5.56 Å². The van der Waals surface area contributed by atoms with Crippen molar-refractivity contribution in [3.63, 3.8) is 0 Å². The molecule has 1 N–H and O–H groups in total. The molecule has 1 aromatic heterocycles. The van der Waals surface area contributed by atoms with E-state index in [1.165, 1.54) is 6.08 Å². The number of nitrogens with one attached hydrogen (secondary N) is 1. The molecule has 8 heteroatoms. The number of carbonyl (C=O) groups excluding carboxylic acids is 2. The summed E-state index contributed by atoms with van der Waals surface area (Å²) in [5.74, 6) is -0.405. The summed E-state index contributed by atoms with van der Waals surface area (Å²) in [7, 11) is 0. The second-order valence-corrected chi connectivity index (χ2v) is 7.89. The average Bonchev–Trinajstić information content (AvgIpc) is 3.31. The molecule has 7 nitrogen and oxygen atoms in total. The van der Waals surface area contributed by atoms with Gasteiger partial charge in [-0.3, -0.25) is 9.59 Å². The third-order valence-corrected chi connectivity index (χ3v) is 5.51. The SMILES string of the molecule is O=C(/C=C/c1cnn(-c2ccccc2)c1)NCC(=O)N1CCN(c2cccc(Cl)c2)CC1. The van der Waals surface area contributed by atoms with E-state index >= 15 is 0 Å². The van der Waals surface area contributed by atoms with Crippen molar-refractivity contribution >= 4 is 35.2 Å². The minimum absolute atomic E-state index is 0.0242. The van der Waals surface area contributed by atoms with Gasteiger partial charge in [0.25, 0.3) is 0 Å². The molecule has 4 rings (SSSR count). The number of carbonyl (C=O) groups is 2. The Hall–Kier alpha value is -3.58. The molecular weight excluding hydrogens is 426 g/mol. The summed E-state index contributed by atoms with van der Waals surface area (Å²) >= 11 is 6.07. The predicted octanol–water partition coefficient (Wildman–Crippen LogP) is 3.00. The zero-order chi connectivity index (χ0) is 22.3. The Balaban J connectivity index is 1.22. The van der Waals surface area contributed by atoms with Gasteiger partial charge in [-0.05, 0) is 36.4 Å². The maximum Gasteiger partial charge on any atom is 0.244 e. The van der Waals surface area contributed by atoms with E-state index in [9.17, 15) is 9.59 Å². The van der Waals surface area contributed by atoms with Gasteiger partial charge in [-0.15, -0.1) is 0 Å². The van der Waals surface area contributed by atoms with Crippen molar-refractivity contribution in [2.75, 3.05) is 37.6 Å². The molecular formula is C24H24ClN5O2. The molecule has 0 aliphatic carbocycles. The first-order valence-corrected chi connectivity index (χ1v) is 10.8. The Labute approximate surface area is 191 Å². The van der Waals surface area contributed by atoms with Crippen molar-refractivity contribution in [3.8, 4) is 5.69 Å². The Morgan fingerprint density at radius 3 is 2.50 bits per heavy atom. The third kappa shape index (κ3) is 5.56. The number of anilines is 1. The summed E-state index contributed by atoms with van der Waals surface area (Å²) in [5.41, 5.74) is 2.80. The fraction of sp³-hybridized carbons (Fsp3) is 0.208. The van der Waals surface area contributed by atoms with Crippen LogP contribution in [-0.2, 0) is 9.59 Å². The Kier molecular flexibility index (Phi) is 6.87. The van der Waals surface area contributed by atoms with Crippen molar-refractivity contribution in [2.45, 2.75) is 0 Å². The minimum atomic E-state index is -0.316. The lowest BCUT2D eigenvalue weighted by molar-refractivity contribution is -0.132. The number of nitrogens with zero attached hydrogens (tertiary/aromatic N) is 4. The van der Waals surface area contributed by atoms with E-state index in [0.717, 1.165) is 30.0 Å². The van der Waals surface area contributed by atoms with Gasteiger partial charge in [0.1, 0.15) is 0 Å². The molecule has 2 heterocycles. The van der Waals surface area contributed by atoms with Crippen LogP contribution in [0.25, 0.3) is 11.8 Å². The van der Waals surface area contributed by atoms with Gasteiger partial charge in [-0.25, -0.2) is 4.68 Å². The lowest BCUT2D eigenvalue weighted by atomic mass is 10.2. The number of hydrogen-bond acceptors (Lipinski definition) is 4. The summed E-state index contributed by atoms with van der Waals surface area (Å²) in [6, 6.07) is 17.4. The highest BCUT2D eigenvalue weighted by atomic mass is 35.5. The fourth-order valence-electron chi connectivity index (χ4n) is 3.54. The van der Waals surface area contributed by atoms with Gasteiger partial charge in [0.05, 0.1) is 18.4 Å². The van der Waals surface area contributed by atoms with Gasteiger partial charge in [-0.2, -0.15) is 5.10 Å². The van der Waals surface area contributed by atoms with E-state index in [1.54, 1.807) is 21.9 Å². The molecule has 0 bridgehead atoms. The average molecular weight is 450 g/mol. The van der Waals surface area contributed by atoms with Crippen LogP contribution in [0.3, 0.4) is 0 Å². The highest BCUT2D eigenvalue weighted by Crippen LogP contribution is 2.20. The second kappa shape index (κ2) is 10.2. The Bertz CT molecular complexity index is 1100. The Morgan fingerprint density at radius 1 is 1.00 bits per heavy atom. The van der Waals surface area contributed by atoms with Crippen LogP contribution in [0, 0.1) is 0 Å². The van der Waals surface area contributed by atoms with Gasteiger partial charge < -0.3 is 15.1 Å². The highest BCUT2D eigenvalue weighted by molar-refractivity contribution is 6.30. The number of amides is 2. The van der Waals surface area contributed by atoms with Gasteiger partial charge >= 0.3 is 0 Å². The van der Waals surface area contributed by atoms with Crippen LogP contribution in [0.4, 0.5) is 5.69 Å². The van der Waals surface area contributed by atoms with Gasteiger partial charge in [0.15, 0.2) is 0 Å². The molecule has 2 aromatic carbocycles. The van der Waals surface area contributed by atoms with E-state index in [1.807, 2.05) is 60.8 Å². The summed E-state index contributed by atoms with van der Waals surface area (Å²) in [5, 5.41) is 7.66. The molecule has 0 atom stereocenters. The molecule has 1 fully saturated rings. The van der Waals surface area contributed by atoms with E-state index in [2.05, 4.69) is 15.3 Å². The van der Waals surface area contributed by atoms with Crippen molar-refractivity contribution in [3.05, 3.63) is 83.7 Å². The van der Waals surface area contributed by atoms with Crippen LogP contribution < -0.4 is 10.2 Å². The molecule has 0 spiro atoms. The number of hydrogen-bond donors (Lipinski definition) is 1. The number of rotatable bonds is 6. The first-order chi connectivity index (χ1) is 15.6. The van der Waals surface area contributed by atoms with Crippen LogP contribution in [-0.4, -0.2) is 59.2 Å². The summed E-state index contributed by atoms with van der Waals surface area (Å²) in [6.07, 6.45) is 6.61. The summed E-state index contributed by atoms with van der Waals surface area (Å²) in [4.78, 5) is 28.6. The molecule has 0 saturated carbocycles. The van der Waals surface area contributed by atoms with E-state index < -0.39 is 0 Å². The number of halogens is 1. The van der Waals surface area contributed by atoms with E-state index in [4.69, 9.17) is 11.6 Å². The van der Waals surface area contributed by atoms with Crippen molar-refractivity contribution in [1.29, 1.82) is 0 Å². The maximum absolute atomic E-state index is 12.5. The lowest BCUT2D eigenvalue weighted by Gasteiger charge is -2.36. The molecule has 1 aliphatic rings. The zero-order valence-corrected chi connectivity index (χ0v) is 18.3. The maximum atomic E-state index is 12.5. The monoisotopic (exact) mass is 449 g/mol. The number of aromatic nitrogens is 2. The predicted molar refractivity (Wildman–Crippen MR) is 126 cm³/mol. The number of para-hydroxylation sites is 1. The normalized spacial score (nSPS) is 14.0. The quantitative estimate of drug-likeness (QED) is 0.587. The molecule has 164 valence electrons. The van der Waals surface area contributed by atoms with Crippen LogP contribution >= 0.6 is 11.6 Å². The van der Waals surface area contributed by atoms with Crippen molar-refractivity contribution in [2.24, 2.45) is 0 Å². The first kappa shape index (κ1) is 21.6. The largest absolute Gasteiger partial charge is 0.368 e. The van der Waals surface area contributed by atoms with Gasteiger partial charge in [0, 0.05) is 54.7 Å². The third-order valence-electron chi connectivity index (χ3n) is 5.27.